The van der Waals surface area contributed by atoms with Crippen molar-refractivity contribution in [3.8, 4) is 0 Å². The van der Waals surface area contributed by atoms with Gasteiger partial charge in [-0.1, -0.05) is 6.07 Å². The molecular formula is C13H14N4. The second-order valence-corrected chi connectivity index (χ2v) is 4.23. The zero-order valence-corrected chi connectivity index (χ0v) is 9.50. The van der Waals surface area contributed by atoms with Gasteiger partial charge < -0.3 is 5.32 Å². The topological polar surface area (TPSA) is 50.7 Å². The molecule has 2 aromatic heterocycles. The summed E-state index contributed by atoms with van der Waals surface area (Å²) in [7, 11) is 0. The Kier molecular flexibility index (Phi) is 2.80. The number of pyridine rings is 1. The minimum atomic E-state index is 0.355. The first-order valence-corrected chi connectivity index (χ1v) is 5.87. The second-order valence-electron chi connectivity index (χ2n) is 4.23. The fourth-order valence-corrected chi connectivity index (χ4v) is 2.27. The van der Waals surface area contributed by atoms with Crippen LogP contribution in [0.25, 0.3) is 0 Å². The highest BCUT2D eigenvalue weighted by Gasteiger charge is 2.22. The van der Waals surface area contributed by atoms with Crippen LogP contribution in [0.15, 0.2) is 36.7 Å². The molecule has 4 heteroatoms. The SMILES string of the molecule is c1cnnc(CNC2CCc3cccnc32)c1. The lowest BCUT2D eigenvalue weighted by Gasteiger charge is -2.12. The van der Waals surface area contributed by atoms with Crippen LogP contribution in [0.1, 0.15) is 29.4 Å². The average molecular weight is 226 g/mol. The van der Waals surface area contributed by atoms with E-state index in [2.05, 4.69) is 26.6 Å². The molecule has 2 heterocycles. The Hall–Kier alpha value is -1.81. The van der Waals surface area contributed by atoms with Crippen LogP contribution in [-0.2, 0) is 13.0 Å². The standard InChI is InChI=1S/C13H14N4/c1-3-10-5-6-12(13(10)14-7-1)15-9-11-4-2-8-16-17-11/h1-4,7-8,12,15H,5-6,9H2. The molecule has 0 bridgehead atoms. The minimum Gasteiger partial charge on any atom is -0.303 e. The number of rotatable bonds is 3. The molecule has 0 amide bonds. The van der Waals surface area contributed by atoms with Crippen LogP contribution in [0.3, 0.4) is 0 Å². The van der Waals surface area contributed by atoms with Crippen molar-refractivity contribution in [1.29, 1.82) is 0 Å². The number of nitrogens with one attached hydrogen (secondary N) is 1. The smallest absolute Gasteiger partial charge is 0.0769 e. The molecule has 17 heavy (non-hydrogen) atoms. The van der Waals surface area contributed by atoms with Gasteiger partial charge in [-0.15, -0.1) is 0 Å². The highest BCUT2D eigenvalue weighted by Crippen LogP contribution is 2.28. The fraction of sp³-hybridized carbons (Fsp3) is 0.308. The number of nitrogens with zero attached hydrogens (tertiary/aromatic N) is 3. The highest BCUT2D eigenvalue weighted by molar-refractivity contribution is 5.27. The van der Waals surface area contributed by atoms with Crippen LogP contribution in [-0.4, -0.2) is 15.2 Å². The van der Waals surface area contributed by atoms with E-state index >= 15 is 0 Å². The van der Waals surface area contributed by atoms with Crippen molar-refractivity contribution in [2.45, 2.75) is 25.4 Å². The molecule has 0 aliphatic heterocycles. The summed E-state index contributed by atoms with van der Waals surface area (Å²) < 4.78 is 0. The second kappa shape index (κ2) is 4.59. The lowest BCUT2D eigenvalue weighted by atomic mass is 10.2. The van der Waals surface area contributed by atoms with Crippen LogP contribution in [0.5, 0.6) is 0 Å². The predicted octanol–water partition coefficient (Wildman–Crippen LogP) is 1.65. The van der Waals surface area contributed by atoms with Gasteiger partial charge in [0, 0.05) is 18.9 Å². The van der Waals surface area contributed by atoms with E-state index in [-0.39, 0.29) is 0 Å². The molecule has 3 rings (SSSR count). The van der Waals surface area contributed by atoms with Crippen molar-refractivity contribution >= 4 is 0 Å². The lowest BCUT2D eigenvalue weighted by Crippen LogP contribution is -2.20. The van der Waals surface area contributed by atoms with Gasteiger partial charge in [-0.2, -0.15) is 10.2 Å². The van der Waals surface area contributed by atoms with Crippen LogP contribution in [0.2, 0.25) is 0 Å². The molecule has 4 nitrogen and oxygen atoms in total. The first-order chi connectivity index (χ1) is 8.43. The normalized spacial score (nSPS) is 18.0. The first kappa shape index (κ1) is 10.4. The summed E-state index contributed by atoms with van der Waals surface area (Å²) in [6, 6.07) is 8.41. The van der Waals surface area contributed by atoms with E-state index < -0.39 is 0 Å². The van der Waals surface area contributed by atoms with Crippen molar-refractivity contribution in [1.82, 2.24) is 20.5 Å². The average Bonchev–Trinajstić information content (AvgIpc) is 2.81. The summed E-state index contributed by atoms with van der Waals surface area (Å²) in [5.74, 6) is 0. The molecule has 0 saturated carbocycles. The minimum absolute atomic E-state index is 0.355. The Bertz CT molecular complexity index is 498. The van der Waals surface area contributed by atoms with Gasteiger partial charge in [0.15, 0.2) is 0 Å². The number of aryl methyl sites for hydroxylation is 1. The quantitative estimate of drug-likeness (QED) is 0.864. The molecule has 0 radical (unpaired) electrons. The maximum Gasteiger partial charge on any atom is 0.0769 e. The Morgan fingerprint density at radius 3 is 3.06 bits per heavy atom. The van der Waals surface area contributed by atoms with Gasteiger partial charge in [-0.3, -0.25) is 4.98 Å². The largest absolute Gasteiger partial charge is 0.303 e. The van der Waals surface area contributed by atoms with E-state index in [1.54, 1.807) is 6.20 Å². The van der Waals surface area contributed by atoms with Crippen molar-refractivity contribution in [2.24, 2.45) is 0 Å². The predicted molar refractivity (Wildman–Crippen MR) is 64.2 cm³/mol. The summed E-state index contributed by atoms with van der Waals surface area (Å²) in [6.07, 6.45) is 5.78. The number of hydrogen-bond acceptors (Lipinski definition) is 4. The van der Waals surface area contributed by atoms with Crippen molar-refractivity contribution in [2.75, 3.05) is 0 Å². The monoisotopic (exact) mass is 226 g/mol. The van der Waals surface area contributed by atoms with Gasteiger partial charge in [0.1, 0.15) is 0 Å². The molecule has 1 N–H and O–H groups in total. The molecule has 1 aliphatic carbocycles. The third-order valence-corrected chi connectivity index (χ3v) is 3.12. The van der Waals surface area contributed by atoms with Crippen LogP contribution in [0.4, 0.5) is 0 Å². The van der Waals surface area contributed by atoms with Crippen LogP contribution in [0, 0.1) is 0 Å². The van der Waals surface area contributed by atoms with E-state index in [1.165, 1.54) is 11.3 Å². The molecule has 1 aliphatic rings. The summed E-state index contributed by atoms with van der Waals surface area (Å²) in [6.45, 7) is 0.745. The Morgan fingerprint density at radius 2 is 2.18 bits per heavy atom. The van der Waals surface area contributed by atoms with Gasteiger partial charge in [-0.25, -0.2) is 0 Å². The molecule has 86 valence electrons. The zero-order valence-electron chi connectivity index (χ0n) is 9.50. The van der Waals surface area contributed by atoms with E-state index in [0.717, 1.165) is 25.1 Å². The van der Waals surface area contributed by atoms with Crippen molar-refractivity contribution < 1.29 is 0 Å². The summed E-state index contributed by atoms with van der Waals surface area (Å²) in [4.78, 5) is 4.45. The molecule has 0 saturated heterocycles. The van der Waals surface area contributed by atoms with Gasteiger partial charge in [0.05, 0.1) is 17.4 Å². The van der Waals surface area contributed by atoms with Crippen molar-refractivity contribution in [3.63, 3.8) is 0 Å². The summed E-state index contributed by atoms with van der Waals surface area (Å²) in [5.41, 5.74) is 3.53. The zero-order chi connectivity index (χ0) is 11.5. The molecule has 0 fully saturated rings. The van der Waals surface area contributed by atoms with Crippen LogP contribution < -0.4 is 5.32 Å². The van der Waals surface area contributed by atoms with E-state index in [0.29, 0.717) is 6.04 Å². The highest BCUT2D eigenvalue weighted by atomic mass is 15.1. The molecule has 1 unspecified atom stereocenters. The Labute approximate surface area is 100 Å². The third kappa shape index (κ3) is 2.17. The molecule has 0 spiro atoms. The molecular weight excluding hydrogens is 212 g/mol. The van der Waals surface area contributed by atoms with Gasteiger partial charge in [0.25, 0.3) is 0 Å². The number of fused-ring (bicyclic) bond motifs is 1. The van der Waals surface area contributed by atoms with Gasteiger partial charge >= 0.3 is 0 Å². The van der Waals surface area contributed by atoms with E-state index in [9.17, 15) is 0 Å². The Balaban J connectivity index is 1.68. The van der Waals surface area contributed by atoms with E-state index in [4.69, 9.17) is 0 Å². The maximum absolute atomic E-state index is 4.45. The number of hydrogen-bond donors (Lipinski definition) is 1. The lowest BCUT2D eigenvalue weighted by molar-refractivity contribution is 0.514. The maximum atomic E-state index is 4.45. The molecule has 1 atom stereocenters. The summed E-state index contributed by atoms with van der Waals surface area (Å²) in [5, 5.41) is 11.4. The van der Waals surface area contributed by atoms with Crippen LogP contribution >= 0.6 is 0 Å². The fourth-order valence-electron chi connectivity index (χ4n) is 2.27. The Morgan fingerprint density at radius 1 is 1.24 bits per heavy atom. The third-order valence-electron chi connectivity index (χ3n) is 3.12. The van der Waals surface area contributed by atoms with Gasteiger partial charge in [-0.05, 0) is 36.6 Å². The van der Waals surface area contributed by atoms with E-state index in [1.807, 2.05) is 24.4 Å². The van der Waals surface area contributed by atoms with Crippen molar-refractivity contribution in [3.05, 3.63) is 53.6 Å². The number of aromatic nitrogens is 3. The first-order valence-electron chi connectivity index (χ1n) is 5.87. The molecule has 2 aromatic rings. The summed E-state index contributed by atoms with van der Waals surface area (Å²) >= 11 is 0. The molecule has 0 aromatic carbocycles. The van der Waals surface area contributed by atoms with Gasteiger partial charge in [0.2, 0.25) is 0 Å².